The molecule has 0 unspecified atom stereocenters. The molecule has 1 amide bonds. The van der Waals surface area contributed by atoms with Gasteiger partial charge in [-0.25, -0.2) is 0 Å². The van der Waals surface area contributed by atoms with E-state index in [9.17, 15) is 13.6 Å². The molecule has 0 aliphatic heterocycles. The number of anilines is 1. The fourth-order valence-electron chi connectivity index (χ4n) is 3.82. The summed E-state index contributed by atoms with van der Waals surface area (Å²) in [4.78, 5) is 14.5. The van der Waals surface area contributed by atoms with Crippen molar-refractivity contribution >= 4 is 33.5 Å². The number of para-hydroxylation sites is 1. The minimum Gasteiger partial charge on any atom is -0.495 e. The molecule has 34 heavy (non-hydrogen) atoms. The Morgan fingerprint density at radius 2 is 1.74 bits per heavy atom. The van der Waals surface area contributed by atoms with Crippen LogP contribution in [0.1, 0.15) is 5.56 Å². The van der Waals surface area contributed by atoms with Crippen molar-refractivity contribution in [1.82, 2.24) is 4.90 Å². The van der Waals surface area contributed by atoms with E-state index in [4.69, 9.17) is 13.9 Å². The Labute approximate surface area is 194 Å². The molecule has 0 spiro atoms. The van der Waals surface area contributed by atoms with Gasteiger partial charge in [-0.2, -0.15) is 8.78 Å². The summed E-state index contributed by atoms with van der Waals surface area (Å²) in [6.07, 6.45) is 0. The zero-order valence-electron chi connectivity index (χ0n) is 18.9. The monoisotopic (exact) mass is 470 g/mol. The number of ether oxygens (including phenoxy) is 3. The summed E-state index contributed by atoms with van der Waals surface area (Å²) in [5, 5.41) is 4.74. The number of halogens is 2. The Morgan fingerprint density at radius 1 is 0.971 bits per heavy atom. The number of hydrogen-bond donors (Lipinski definition) is 1. The molecule has 178 valence electrons. The maximum Gasteiger partial charge on any atom is 0.387 e. The molecule has 1 N–H and O–H groups in total. The molecule has 0 saturated heterocycles. The molecule has 4 aromatic rings. The molecule has 0 fully saturated rings. The first kappa shape index (κ1) is 23.3. The first-order chi connectivity index (χ1) is 16.4. The molecular weight excluding hydrogens is 446 g/mol. The molecule has 0 atom stereocenters. The van der Waals surface area contributed by atoms with Crippen LogP contribution >= 0.6 is 0 Å². The van der Waals surface area contributed by atoms with E-state index in [0.717, 1.165) is 21.9 Å². The van der Waals surface area contributed by atoms with Crippen LogP contribution in [0.15, 0.2) is 59.0 Å². The van der Waals surface area contributed by atoms with Crippen LogP contribution < -0.4 is 19.5 Å². The van der Waals surface area contributed by atoms with Gasteiger partial charge in [-0.05, 0) is 36.9 Å². The topological polar surface area (TPSA) is 73.2 Å². The van der Waals surface area contributed by atoms with Gasteiger partial charge in [0.2, 0.25) is 5.91 Å². The number of alkyl halides is 2. The van der Waals surface area contributed by atoms with Crippen molar-refractivity contribution in [2.45, 2.75) is 13.2 Å². The van der Waals surface area contributed by atoms with Gasteiger partial charge in [-0.3, -0.25) is 9.69 Å². The third-order valence-electron chi connectivity index (χ3n) is 5.28. The molecule has 1 aromatic heterocycles. The molecule has 3 aromatic carbocycles. The number of carbonyl (C=O) groups excluding carboxylic acids is 1. The highest BCUT2D eigenvalue weighted by Crippen LogP contribution is 2.36. The van der Waals surface area contributed by atoms with Gasteiger partial charge in [0, 0.05) is 23.4 Å². The molecule has 1 heterocycles. The van der Waals surface area contributed by atoms with Crippen molar-refractivity contribution in [3.63, 3.8) is 0 Å². The molecule has 9 heteroatoms. The summed E-state index contributed by atoms with van der Waals surface area (Å²) in [7, 11) is 4.69. The average Bonchev–Trinajstić information content (AvgIpc) is 3.16. The normalized spacial score (nSPS) is 11.4. The minimum absolute atomic E-state index is 0.0466. The Kier molecular flexibility index (Phi) is 6.83. The van der Waals surface area contributed by atoms with Crippen molar-refractivity contribution in [2.75, 3.05) is 33.1 Å². The highest BCUT2D eigenvalue weighted by Gasteiger charge is 2.16. The first-order valence-corrected chi connectivity index (χ1v) is 10.5. The summed E-state index contributed by atoms with van der Waals surface area (Å²) in [6, 6.07) is 15.9. The van der Waals surface area contributed by atoms with Gasteiger partial charge in [-0.15, -0.1) is 0 Å². The predicted molar refractivity (Wildman–Crippen MR) is 125 cm³/mol. The number of nitrogens with zero attached hydrogens (tertiary/aromatic N) is 1. The molecule has 0 aliphatic carbocycles. The van der Waals surface area contributed by atoms with E-state index < -0.39 is 6.61 Å². The minimum atomic E-state index is -2.94. The molecule has 0 radical (unpaired) electrons. The van der Waals surface area contributed by atoms with Crippen LogP contribution in [0, 0.1) is 0 Å². The van der Waals surface area contributed by atoms with E-state index in [0.29, 0.717) is 23.6 Å². The molecule has 0 aliphatic rings. The van der Waals surface area contributed by atoms with Crippen molar-refractivity contribution in [2.24, 2.45) is 0 Å². The molecular formula is C25H24F2N2O5. The van der Waals surface area contributed by atoms with Gasteiger partial charge in [0.25, 0.3) is 0 Å². The van der Waals surface area contributed by atoms with Crippen LogP contribution in [-0.4, -0.2) is 45.2 Å². The SMILES string of the molecule is COc1cc2c(cc1NC(=O)CN(C)Cc1ccc(OC(F)F)c(OC)c1)oc1ccccc12. The van der Waals surface area contributed by atoms with Crippen LogP contribution in [0.25, 0.3) is 21.9 Å². The van der Waals surface area contributed by atoms with E-state index in [1.807, 2.05) is 30.3 Å². The highest BCUT2D eigenvalue weighted by molar-refractivity contribution is 6.07. The third kappa shape index (κ3) is 5.04. The number of hydrogen-bond acceptors (Lipinski definition) is 6. The zero-order valence-corrected chi connectivity index (χ0v) is 18.9. The lowest BCUT2D eigenvalue weighted by Gasteiger charge is -2.18. The van der Waals surface area contributed by atoms with E-state index in [-0.39, 0.29) is 24.0 Å². The van der Waals surface area contributed by atoms with Crippen molar-refractivity contribution in [3.8, 4) is 17.2 Å². The lowest BCUT2D eigenvalue weighted by atomic mass is 10.1. The summed E-state index contributed by atoms with van der Waals surface area (Å²) in [5.41, 5.74) is 2.67. The maximum atomic E-state index is 12.7. The van der Waals surface area contributed by atoms with Gasteiger partial charge >= 0.3 is 6.61 Å². The molecule has 7 nitrogen and oxygen atoms in total. The number of amides is 1. The van der Waals surface area contributed by atoms with E-state index in [1.165, 1.54) is 13.2 Å². The average molecular weight is 470 g/mol. The van der Waals surface area contributed by atoms with Crippen molar-refractivity contribution in [1.29, 1.82) is 0 Å². The summed E-state index contributed by atoms with van der Waals surface area (Å²) in [6.45, 7) is -2.47. The van der Waals surface area contributed by atoms with Crippen LogP contribution in [0.4, 0.5) is 14.5 Å². The fraction of sp³-hybridized carbons (Fsp3) is 0.240. The lowest BCUT2D eigenvalue weighted by molar-refractivity contribution is -0.117. The zero-order chi connectivity index (χ0) is 24.2. The number of benzene rings is 3. The van der Waals surface area contributed by atoms with Crippen LogP contribution in [0.2, 0.25) is 0 Å². The van der Waals surface area contributed by atoms with Crippen LogP contribution in [0.5, 0.6) is 17.2 Å². The second-order valence-corrected chi connectivity index (χ2v) is 7.73. The highest BCUT2D eigenvalue weighted by atomic mass is 19.3. The molecule has 4 rings (SSSR count). The number of carbonyl (C=O) groups is 1. The Bertz CT molecular complexity index is 1320. The Hall–Kier alpha value is -3.85. The van der Waals surface area contributed by atoms with Gasteiger partial charge in [0.1, 0.15) is 16.9 Å². The quantitative estimate of drug-likeness (QED) is 0.359. The van der Waals surface area contributed by atoms with E-state index in [2.05, 4.69) is 10.1 Å². The van der Waals surface area contributed by atoms with E-state index >= 15 is 0 Å². The first-order valence-electron chi connectivity index (χ1n) is 10.5. The van der Waals surface area contributed by atoms with E-state index in [1.54, 1.807) is 37.3 Å². The molecule has 0 saturated carbocycles. The molecule has 0 bridgehead atoms. The number of methoxy groups -OCH3 is 2. The fourth-order valence-corrected chi connectivity index (χ4v) is 3.82. The van der Waals surface area contributed by atoms with Gasteiger partial charge in [-0.1, -0.05) is 24.3 Å². The van der Waals surface area contributed by atoms with Gasteiger partial charge in [0.05, 0.1) is 26.5 Å². The second-order valence-electron chi connectivity index (χ2n) is 7.73. The maximum absolute atomic E-state index is 12.7. The van der Waals surface area contributed by atoms with Crippen molar-refractivity contribution in [3.05, 3.63) is 60.2 Å². The number of furan rings is 1. The summed E-state index contributed by atoms with van der Waals surface area (Å²) < 4.78 is 46.0. The Balaban J connectivity index is 1.45. The summed E-state index contributed by atoms with van der Waals surface area (Å²) in [5.74, 6) is 0.421. The third-order valence-corrected chi connectivity index (χ3v) is 5.28. The number of fused-ring (bicyclic) bond motifs is 3. The second kappa shape index (κ2) is 9.96. The van der Waals surface area contributed by atoms with Crippen LogP contribution in [0.3, 0.4) is 0 Å². The smallest absolute Gasteiger partial charge is 0.387 e. The number of rotatable bonds is 9. The Morgan fingerprint density at radius 3 is 2.47 bits per heavy atom. The van der Waals surface area contributed by atoms with Gasteiger partial charge < -0.3 is 23.9 Å². The number of nitrogens with one attached hydrogen (secondary N) is 1. The number of likely N-dealkylation sites (N-methyl/N-ethyl adjacent to an activating group) is 1. The predicted octanol–water partition coefficient (Wildman–Crippen LogP) is 5.28. The van der Waals surface area contributed by atoms with Gasteiger partial charge in [0.15, 0.2) is 11.5 Å². The van der Waals surface area contributed by atoms with Crippen LogP contribution in [-0.2, 0) is 11.3 Å². The largest absolute Gasteiger partial charge is 0.495 e. The standard InChI is InChI=1S/C25H24F2N2O5/c1-29(13-15-8-9-20(34-25(26)27)23(10-15)32-3)14-24(30)28-18-12-21-17(11-22(18)31-2)16-6-4-5-7-19(16)33-21/h4-12,25H,13-14H2,1-3H3,(H,28,30). The summed E-state index contributed by atoms with van der Waals surface area (Å²) >= 11 is 0. The van der Waals surface area contributed by atoms with Crippen molar-refractivity contribution < 1.29 is 32.2 Å². The lowest BCUT2D eigenvalue weighted by Crippen LogP contribution is -2.30.